The number of amides is 3. The Labute approximate surface area is 133 Å². The molecule has 0 radical (unpaired) electrons. The van der Waals surface area contributed by atoms with Crippen LogP contribution in [0, 0.1) is 5.92 Å². The van der Waals surface area contributed by atoms with Crippen LogP contribution in [0.15, 0.2) is 18.2 Å². The van der Waals surface area contributed by atoms with Gasteiger partial charge in [-0.25, -0.2) is 9.78 Å². The van der Waals surface area contributed by atoms with Crippen molar-refractivity contribution in [1.29, 1.82) is 0 Å². The maximum Gasteiger partial charge on any atom is 0.319 e. The molecule has 0 bridgehead atoms. The number of carbonyl (C=O) groups excluding carboxylic acids is 2. The van der Waals surface area contributed by atoms with Gasteiger partial charge in [-0.15, -0.1) is 0 Å². The minimum absolute atomic E-state index is 0.151. The Kier molecular flexibility index (Phi) is 5.32. The Morgan fingerprint density at radius 1 is 1.27 bits per heavy atom. The zero-order chi connectivity index (χ0) is 16.1. The van der Waals surface area contributed by atoms with Gasteiger partial charge in [0.25, 0.3) is 0 Å². The van der Waals surface area contributed by atoms with Crippen LogP contribution in [-0.4, -0.2) is 23.5 Å². The van der Waals surface area contributed by atoms with Crippen LogP contribution in [0.5, 0.6) is 0 Å². The van der Waals surface area contributed by atoms with Gasteiger partial charge in [-0.05, 0) is 30.5 Å². The van der Waals surface area contributed by atoms with E-state index in [1.807, 2.05) is 12.1 Å². The first-order valence-electron chi connectivity index (χ1n) is 7.17. The number of hydrogen-bond acceptors (Lipinski definition) is 4. The third-order valence-electron chi connectivity index (χ3n) is 2.94. The first-order chi connectivity index (χ1) is 10.4. The summed E-state index contributed by atoms with van der Waals surface area (Å²) >= 11 is 1.40. The number of carbonyl (C=O) groups is 2. The topological polar surface area (TPSA) is 83.1 Å². The van der Waals surface area contributed by atoms with E-state index in [2.05, 4.69) is 34.8 Å². The van der Waals surface area contributed by atoms with E-state index in [-0.39, 0.29) is 11.9 Å². The number of hydrogen-bond donors (Lipinski definition) is 3. The number of nitrogens with one attached hydrogen (secondary N) is 3. The molecule has 0 saturated carbocycles. The van der Waals surface area contributed by atoms with Crippen molar-refractivity contribution in [2.24, 2.45) is 5.92 Å². The molecule has 3 N–H and O–H groups in total. The predicted octanol–water partition coefficient (Wildman–Crippen LogP) is 3.42. The van der Waals surface area contributed by atoms with Gasteiger partial charge in [-0.1, -0.05) is 25.2 Å². The van der Waals surface area contributed by atoms with Crippen molar-refractivity contribution in [2.45, 2.75) is 27.2 Å². The summed E-state index contributed by atoms with van der Waals surface area (Å²) in [6.45, 7) is 6.32. The smallest absolute Gasteiger partial charge is 0.319 e. The highest BCUT2D eigenvalue weighted by Crippen LogP contribution is 2.28. The van der Waals surface area contributed by atoms with Gasteiger partial charge < -0.3 is 16.0 Å². The van der Waals surface area contributed by atoms with Crippen LogP contribution in [0.4, 0.5) is 15.6 Å². The maximum absolute atomic E-state index is 11.8. The average molecular weight is 320 g/mol. The van der Waals surface area contributed by atoms with Crippen molar-refractivity contribution < 1.29 is 9.59 Å². The molecule has 0 aliphatic carbocycles. The zero-order valence-electron chi connectivity index (χ0n) is 12.9. The fraction of sp³-hybridized carbons (Fsp3) is 0.400. The molecule has 0 saturated heterocycles. The van der Waals surface area contributed by atoms with Crippen molar-refractivity contribution in [3.05, 3.63) is 18.2 Å². The molecule has 0 aliphatic rings. The summed E-state index contributed by atoms with van der Waals surface area (Å²) in [7, 11) is 0. The minimum atomic E-state index is -0.225. The lowest BCUT2D eigenvalue weighted by Crippen LogP contribution is -2.30. The number of nitrogens with zero attached hydrogens (tertiary/aromatic N) is 1. The summed E-state index contributed by atoms with van der Waals surface area (Å²) in [4.78, 5) is 27.1. The van der Waals surface area contributed by atoms with Gasteiger partial charge in [-0.3, -0.25) is 4.79 Å². The van der Waals surface area contributed by atoms with E-state index in [1.165, 1.54) is 18.3 Å². The summed E-state index contributed by atoms with van der Waals surface area (Å²) in [6.07, 6.45) is 0.943. The number of rotatable bonds is 5. The molecule has 0 spiro atoms. The Morgan fingerprint density at radius 2 is 2.05 bits per heavy atom. The molecular weight excluding hydrogens is 300 g/mol. The van der Waals surface area contributed by atoms with E-state index >= 15 is 0 Å². The first-order valence-corrected chi connectivity index (χ1v) is 7.98. The molecule has 3 amide bonds. The second kappa shape index (κ2) is 7.22. The fourth-order valence-corrected chi connectivity index (χ4v) is 2.75. The molecule has 2 aromatic rings. The summed E-state index contributed by atoms with van der Waals surface area (Å²) < 4.78 is 0.953. The van der Waals surface area contributed by atoms with Gasteiger partial charge in [0, 0.05) is 19.2 Å². The van der Waals surface area contributed by atoms with Crippen LogP contribution in [-0.2, 0) is 4.79 Å². The molecule has 1 heterocycles. The number of fused-ring (bicyclic) bond motifs is 1. The van der Waals surface area contributed by atoms with Crippen molar-refractivity contribution in [3.63, 3.8) is 0 Å². The Bertz CT molecular complexity index is 681. The maximum atomic E-state index is 11.8. The normalized spacial score (nSPS) is 10.7. The number of anilines is 2. The lowest BCUT2D eigenvalue weighted by Gasteiger charge is -2.08. The quantitative estimate of drug-likeness (QED) is 0.789. The zero-order valence-corrected chi connectivity index (χ0v) is 13.7. The lowest BCUT2D eigenvalue weighted by atomic mass is 10.1. The molecule has 0 aliphatic heterocycles. The van der Waals surface area contributed by atoms with Crippen molar-refractivity contribution in [3.8, 4) is 0 Å². The Balaban J connectivity index is 1.99. The van der Waals surface area contributed by atoms with Gasteiger partial charge in [-0.2, -0.15) is 0 Å². The third kappa shape index (κ3) is 4.70. The number of benzene rings is 1. The van der Waals surface area contributed by atoms with E-state index in [4.69, 9.17) is 0 Å². The molecule has 1 aromatic carbocycles. The van der Waals surface area contributed by atoms with Crippen molar-refractivity contribution in [1.82, 2.24) is 10.3 Å². The Hall–Kier alpha value is -2.15. The van der Waals surface area contributed by atoms with E-state index in [0.717, 1.165) is 16.6 Å². The molecule has 0 atom stereocenters. The largest absolute Gasteiger partial charge is 0.338 e. The van der Waals surface area contributed by atoms with E-state index in [9.17, 15) is 9.59 Å². The van der Waals surface area contributed by atoms with Crippen LogP contribution in [0.3, 0.4) is 0 Å². The first kappa shape index (κ1) is 16.2. The number of thiazole rings is 1. The highest BCUT2D eigenvalue weighted by Gasteiger charge is 2.07. The summed E-state index contributed by atoms with van der Waals surface area (Å²) in [6, 6.07) is 5.26. The standard InChI is InChI=1S/C15H20N4O2S/c1-9(2)6-7-16-14(21)18-11-4-5-13-12(8-11)19-15(22-13)17-10(3)20/h4-5,8-9H,6-7H2,1-3H3,(H2,16,18,21)(H,17,19,20). The molecule has 1 aromatic heterocycles. The van der Waals surface area contributed by atoms with Crippen LogP contribution < -0.4 is 16.0 Å². The summed E-state index contributed by atoms with van der Waals surface area (Å²) in [5.74, 6) is 0.404. The SMILES string of the molecule is CC(=O)Nc1nc2cc(NC(=O)NCCC(C)C)ccc2s1. The number of urea groups is 1. The predicted molar refractivity (Wildman–Crippen MR) is 90.4 cm³/mol. The molecule has 6 nitrogen and oxygen atoms in total. The highest BCUT2D eigenvalue weighted by atomic mass is 32.1. The number of aromatic nitrogens is 1. The van der Waals surface area contributed by atoms with E-state index in [0.29, 0.717) is 23.3 Å². The van der Waals surface area contributed by atoms with Crippen LogP contribution in [0.2, 0.25) is 0 Å². The molecule has 7 heteroatoms. The van der Waals surface area contributed by atoms with Gasteiger partial charge in [0.1, 0.15) is 0 Å². The van der Waals surface area contributed by atoms with Gasteiger partial charge >= 0.3 is 6.03 Å². The minimum Gasteiger partial charge on any atom is -0.338 e. The van der Waals surface area contributed by atoms with E-state index in [1.54, 1.807) is 6.07 Å². The summed E-state index contributed by atoms with van der Waals surface area (Å²) in [5, 5.41) is 8.82. The molecule has 0 unspecified atom stereocenters. The Morgan fingerprint density at radius 3 is 2.73 bits per heavy atom. The van der Waals surface area contributed by atoms with E-state index < -0.39 is 0 Å². The summed E-state index contributed by atoms with van der Waals surface area (Å²) in [5.41, 5.74) is 1.42. The van der Waals surface area contributed by atoms with Crippen LogP contribution in [0.25, 0.3) is 10.2 Å². The van der Waals surface area contributed by atoms with Gasteiger partial charge in [0.2, 0.25) is 5.91 Å². The fourth-order valence-electron chi connectivity index (χ4n) is 1.86. The second-order valence-corrected chi connectivity index (χ2v) is 6.48. The highest BCUT2D eigenvalue weighted by molar-refractivity contribution is 7.22. The molecular formula is C15H20N4O2S. The van der Waals surface area contributed by atoms with Crippen molar-refractivity contribution in [2.75, 3.05) is 17.2 Å². The second-order valence-electron chi connectivity index (χ2n) is 5.45. The lowest BCUT2D eigenvalue weighted by molar-refractivity contribution is -0.114. The average Bonchev–Trinajstić information content (AvgIpc) is 2.78. The van der Waals surface area contributed by atoms with Crippen LogP contribution >= 0.6 is 11.3 Å². The van der Waals surface area contributed by atoms with Gasteiger partial charge in [0.15, 0.2) is 5.13 Å². The monoisotopic (exact) mass is 320 g/mol. The van der Waals surface area contributed by atoms with Crippen molar-refractivity contribution >= 4 is 44.3 Å². The van der Waals surface area contributed by atoms with Gasteiger partial charge in [0.05, 0.1) is 10.2 Å². The molecule has 0 fully saturated rings. The van der Waals surface area contributed by atoms with Crippen LogP contribution in [0.1, 0.15) is 27.2 Å². The molecule has 2 rings (SSSR count). The molecule has 118 valence electrons. The third-order valence-corrected chi connectivity index (χ3v) is 3.89. The molecule has 22 heavy (non-hydrogen) atoms.